The highest BCUT2D eigenvalue weighted by molar-refractivity contribution is 7.91. The maximum Gasteiger partial charge on any atom is 0.410 e. The molecule has 1 amide bonds. The first kappa shape index (κ1) is 33.6. The molecule has 47 heavy (non-hydrogen) atoms. The summed E-state index contributed by atoms with van der Waals surface area (Å²) in [6, 6.07) is 13.3. The Hall–Kier alpha value is -4.72. The van der Waals surface area contributed by atoms with Crippen molar-refractivity contribution in [3.05, 3.63) is 95.8 Å². The molecular formula is C33H34F3N5O5S. The Morgan fingerprint density at radius 2 is 1.79 bits per heavy atom. The molecule has 1 saturated heterocycles. The topological polar surface area (TPSA) is 124 Å². The van der Waals surface area contributed by atoms with Crippen LogP contribution in [0.15, 0.2) is 67.0 Å². The van der Waals surface area contributed by atoms with E-state index in [4.69, 9.17) is 9.47 Å². The predicted molar refractivity (Wildman–Crippen MR) is 169 cm³/mol. The molecule has 248 valence electrons. The van der Waals surface area contributed by atoms with Gasteiger partial charge >= 0.3 is 6.09 Å². The van der Waals surface area contributed by atoms with E-state index in [1.807, 2.05) is 20.8 Å². The fraction of sp³-hybridized carbons (Fsp3) is 0.333. The second kappa shape index (κ2) is 14.0. The summed E-state index contributed by atoms with van der Waals surface area (Å²) >= 11 is 0. The molecule has 1 N–H and O–H groups in total. The van der Waals surface area contributed by atoms with Crippen LogP contribution >= 0.6 is 0 Å². The number of amides is 1. The third kappa shape index (κ3) is 8.76. The van der Waals surface area contributed by atoms with Crippen molar-refractivity contribution in [2.24, 2.45) is 5.92 Å². The molecule has 0 bridgehead atoms. The first-order valence-electron chi connectivity index (χ1n) is 14.9. The van der Waals surface area contributed by atoms with Crippen LogP contribution < -0.4 is 9.46 Å². The van der Waals surface area contributed by atoms with Crippen molar-refractivity contribution in [2.45, 2.75) is 51.4 Å². The van der Waals surface area contributed by atoms with Gasteiger partial charge in [-0.15, -0.1) is 0 Å². The third-order valence-electron chi connectivity index (χ3n) is 7.18. The Morgan fingerprint density at radius 1 is 1.02 bits per heavy atom. The molecule has 0 spiro atoms. The number of pyridine rings is 1. The smallest absolute Gasteiger partial charge is 0.410 e. The van der Waals surface area contributed by atoms with Gasteiger partial charge in [-0.1, -0.05) is 30.3 Å². The normalized spacial score (nSPS) is 15.3. The minimum Gasteiger partial charge on any atom is -0.444 e. The zero-order valence-electron chi connectivity index (χ0n) is 26.0. The quantitative estimate of drug-likeness (QED) is 0.191. The second-order valence-corrected chi connectivity index (χ2v) is 13.9. The fourth-order valence-electron chi connectivity index (χ4n) is 5.13. The van der Waals surface area contributed by atoms with Crippen LogP contribution in [0.3, 0.4) is 0 Å². The molecule has 0 saturated carbocycles. The van der Waals surface area contributed by atoms with Crippen molar-refractivity contribution < 1.29 is 35.9 Å². The number of piperidine rings is 1. The Balaban J connectivity index is 1.33. The lowest BCUT2D eigenvalue weighted by Crippen LogP contribution is -2.43. The molecule has 1 aliphatic heterocycles. The zero-order valence-corrected chi connectivity index (χ0v) is 26.9. The van der Waals surface area contributed by atoms with Gasteiger partial charge in [0.15, 0.2) is 17.4 Å². The van der Waals surface area contributed by atoms with E-state index in [1.165, 1.54) is 18.3 Å². The minimum atomic E-state index is -4.28. The number of carbonyl (C=O) groups is 1. The van der Waals surface area contributed by atoms with Crippen LogP contribution in [0.4, 0.5) is 23.7 Å². The van der Waals surface area contributed by atoms with E-state index in [-0.39, 0.29) is 17.9 Å². The van der Waals surface area contributed by atoms with Crippen LogP contribution in [0.2, 0.25) is 0 Å². The molecule has 1 aliphatic rings. The molecule has 2 aromatic heterocycles. The first-order chi connectivity index (χ1) is 22.3. The number of likely N-dealkylation sites (tertiary alicyclic amines) is 1. The molecule has 3 heterocycles. The number of sulfonamides is 1. The number of nitrogens with one attached hydrogen (secondary N) is 1. The molecule has 14 heteroatoms. The highest BCUT2D eigenvalue weighted by Gasteiger charge is 2.29. The fourth-order valence-corrected chi connectivity index (χ4v) is 6.33. The van der Waals surface area contributed by atoms with Crippen LogP contribution in [0.25, 0.3) is 11.3 Å². The highest BCUT2D eigenvalue weighted by atomic mass is 32.2. The molecule has 1 atom stereocenters. The van der Waals surface area contributed by atoms with Crippen molar-refractivity contribution in [3.63, 3.8) is 0 Å². The monoisotopic (exact) mass is 669 g/mol. The molecule has 5 rings (SSSR count). The minimum absolute atomic E-state index is 0.0832. The van der Waals surface area contributed by atoms with E-state index < -0.39 is 50.3 Å². The van der Waals surface area contributed by atoms with Gasteiger partial charge in [0.2, 0.25) is 21.7 Å². The van der Waals surface area contributed by atoms with E-state index in [2.05, 4.69) is 15.0 Å². The molecule has 10 nitrogen and oxygen atoms in total. The highest BCUT2D eigenvalue weighted by Crippen LogP contribution is 2.36. The predicted octanol–water partition coefficient (Wildman–Crippen LogP) is 6.88. The van der Waals surface area contributed by atoms with E-state index in [9.17, 15) is 13.2 Å². The number of benzene rings is 2. The first-order valence-corrected chi connectivity index (χ1v) is 16.6. The average molecular weight is 670 g/mol. The van der Waals surface area contributed by atoms with Crippen molar-refractivity contribution >= 4 is 21.8 Å². The average Bonchev–Trinajstić information content (AvgIpc) is 3.02. The van der Waals surface area contributed by atoms with Gasteiger partial charge in [0.05, 0.1) is 17.0 Å². The number of anilines is 1. The van der Waals surface area contributed by atoms with Crippen LogP contribution in [0.1, 0.15) is 45.0 Å². The number of aromatic nitrogens is 3. The number of hydrogen-bond acceptors (Lipinski definition) is 8. The lowest BCUT2D eigenvalue weighted by molar-refractivity contribution is 0.0165. The Morgan fingerprint density at radius 3 is 2.53 bits per heavy atom. The molecular weight excluding hydrogens is 635 g/mol. The second-order valence-electron chi connectivity index (χ2n) is 12.2. The Kier molecular flexibility index (Phi) is 9.99. The molecule has 0 radical (unpaired) electrons. The summed E-state index contributed by atoms with van der Waals surface area (Å²) in [4.78, 5) is 27.4. The van der Waals surface area contributed by atoms with Gasteiger partial charge in [-0.2, -0.15) is 4.39 Å². The van der Waals surface area contributed by atoms with E-state index in [0.717, 1.165) is 12.8 Å². The van der Waals surface area contributed by atoms with Gasteiger partial charge in [0, 0.05) is 38.0 Å². The number of ether oxygens (including phenoxy) is 2. The van der Waals surface area contributed by atoms with Crippen LogP contribution in [-0.2, 0) is 26.9 Å². The van der Waals surface area contributed by atoms with Gasteiger partial charge < -0.3 is 14.4 Å². The molecule has 0 aliphatic carbocycles. The maximum atomic E-state index is 15.2. The maximum absolute atomic E-state index is 15.2. The summed E-state index contributed by atoms with van der Waals surface area (Å²) in [6.45, 7) is 6.53. The largest absolute Gasteiger partial charge is 0.444 e. The summed E-state index contributed by atoms with van der Waals surface area (Å²) in [7, 11) is -4.28. The standard InChI is InChI=1S/C33H34F3N5O5S/c1-33(2,3)46-32(42)41-16-8-11-22(19-41)17-27-37-15-13-25(39-27)23-12-7-14-38-31(23)45-26-18-24(34)30(29(36)28(26)35)40-47(43,44)20-21-9-5-4-6-10-21/h4-7,9-10,12-15,18,22,40H,8,11,16-17,19-20H2,1-3H3. The lowest BCUT2D eigenvalue weighted by atomic mass is 9.94. The van der Waals surface area contributed by atoms with Crippen LogP contribution in [0, 0.1) is 23.4 Å². The zero-order chi connectivity index (χ0) is 33.8. The van der Waals surface area contributed by atoms with Gasteiger partial charge in [-0.3, -0.25) is 4.72 Å². The van der Waals surface area contributed by atoms with Crippen molar-refractivity contribution in [1.82, 2.24) is 19.9 Å². The molecule has 2 aromatic carbocycles. The SMILES string of the molecule is CC(C)(C)OC(=O)N1CCCC(Cc2nccc(-c3cccnc3Oc3cc(F)c(NS(=O)(=O)Cc4ccccc4)c(F)c3F)n2)C1. The van der Waals surface area contributed by atoms with Crippen molar-refractivity contribution in [3.8, 4) is 22.9 Å². The number of nitrogens with zero attached hydrogens (tertiary/aromatic N) is 4. The Bertz CT molecular complexity index is 1860. The molecule has 1 unspecified atom stereocenters. The summed E-state index contributed by atoms with van der Waals surface area (Å²) < 4.78 is 83.3. The molecule has 1 fully saturated rings. The third-order valence-corrected chi connectivity index (χ3v) is 8.41. The van der Waals surface area contributed by atoms with Crippen LogP contribution in [0.5, 0.6) is 11.6 Å². The van der Waals surface area contributed by atoms with Gasteiger partial charge in [0.1, 0.15) is 17.1 Å². The van der Waals surface area contributed by atoms with E-state index in [0.29, 0.717) is 48.2 Å². The number of halogens is 3. The lowest BCUT2D eigenvalue weighted by Gasteiger charge is -2.34. The van der Waals surface area contributed by atoms with Crippen LogP contribution in [-0.4, -0.2) is 53.1 Å². The summed E-state index contributed by atoms with van der Waals surface area (Å²) in [5.41, 5.74) is -0.737. The summed E-state index contributed by atoms with van der Waals surface area (Å²) in [5.74, 6) is -5.81. The summed E-state index contributed by atoms with van der Waals surface area (Å²) in [5, 5.41) is 0. The Labute approximate surface area is 271 Å². The van der Waals surface area contributed by atoms with E-state index in [1.54, 1.807) is 52.2 Å². The number of rotatable bonds is 9. The van der Waals surface area contributed by atoms with Crippen molar-refractivity contribution in [2.75, 3.05) is 17.8 Å². The van der Waals surface area contributed by atoms with Crippen molar-refractivity contribution in [1.29, 1.82) is 0 Å². The summed E-state index contributed by atoms with van der Waals surface area (Å²) in [6.07, 6.45) is 4.66. The molecule has 4 aromatic rings. The van der Waals surface area contributed by atoms with Gasteiger partial charge in [0.25, 0.3) is 0 Å². The number of carbonyl (C=O) groups excluding carboxylic acids is 1. The van der Waals surface area contributed by atoms with Gasteiger partial charge in [-0.25, -0.2) is 36.9 Å². The number of hydrogen-bond donors (Lipinski definition) is 1. The van der Waals surface area contributed by atoms with E-state index >= 15 is 13.2 Å². The van der Waals surface area contributed by atoms with Gasteiger partial charge in [-0.05, 0) is 63.3 Å².